The molecule has 2 heterocycles. The summed E-state index contributed by atoms with van der Waals surface area (Å²) < 4.78 is 5.37. The van der Waals surface area contributed by atoms with E-state index in [2.05, 4.69) is 15.4 Å². The second-order valence-electron chi connectivity index (χ2n) is 6.13. The molecule has 6 nitrogen and oxygen atoms in total. The molecule has 3 rings (SSSR count). The van der Waals surface area contributed by atoms with Crippen LogP contribution in [0.3, 0.4) is 0 Å². The van der Waals surface area contributed by atoms with Crippen LogP contribution < -0.4 is 0 Å². The van der Waals surface area contributed by atoms with Gasteiger partial charge in [0.2, 0.25) is 0 Å². The first kappa shape index (κ1) is 11.5. The van der Waals surface area contributed by atoms with Crippen molar-refractivity contribution in [1.82, 2.24) is 20.3 Å². The van der Waals surface area contributed by atoms with Crippen molar-refractivity contribution in [2.24, 2.45) is 11.8 Å². The number of amides is 1. The summed E-state index contributed by atoms with van der Waals surface area (Å²) in [6, 6.07) is 0. The lowest BCUT2D eigenvalue weighted by molar-refractivity contribution is 0.0271. The van der Waals surface area contributed by atoms with Gasteiger partial charge in [0.05, 0.1) is 11.9 Å². The molecule has 0 spiro atoms. The number of hydrogen-bond donors (Lipinski definition) is 1. The summed E-state index contributed by atoms with van der Waals surface area (Å²) in [4.78, 5) is 13.7. The maximum Gasteiger partial charge on any atom is 0.410 e. The van der Waals surface area contributed by atoms with Crippen LogP contribution in [0.4, 0.5) is 4.79 Å². The van der Waals surface area contributed by atoms with Gasteiger partial charge in [0, 0.05) is 19.0 Å². The molecule has 1 amide bonds. The molecule has 0 aromatic carbocycles. The summed E-state index contributed by atoms with van der Waals surface area (Å²) >= 11 is 0. The topological polar surface area (TPSA) is 71.1 Å². The maximum atomic E-state index is 11.9. The SMILES string of the molecule is CC(C)(C)OC(=O)N1C[C@@H]2C(c3cn[nH]n3)[C@@H]2C1. The van der Waals surface area contributed by atoms with E-state index < -0.39 is 5.60 Å². The quantitative estimate of drug-likeness (QED) is 0.817. The highest BCUT2D eigenvalue weighted by molar-refractivity contribution is 5.69. The highest BCUT2D eigenvalue weighted by Crippen LogP contribution is 2.57. The van der Waals surface area contributed by atoms with Crippen LogP contribution in [0.5, 0.6) is 0 Å². The molecule has 1 aliphatic heterocycles. The van der Waals surface area contributed by atoms with Crippen LogP contribution in [-0.4, -0.2) is 45.1 Å². The van der Waals surface area contributed by atoms with Gasteiger partial charge in [-0.2, -0.15) is 15.4 Å². The van der Waals surface area contributed by atoms with Crippen molar-refractivity contribution in [3.05, 3.63) is 11.9 Å². The number of aromatic amines is 1. The summed E-state index contributed by atoms with van der Waals surface area (Å²) in [6.07, 6.45) is 1.58. The fourth-order valence-corrected chi connectivity index (χ4v) is 2.81. The number of likely N-dealkylation sites (tertiary alicyclic amines) is 1. The predicted octanol–water partition coefficient (Wildman–Crippen LogP) is 1.39. The molecular weight excluding hydrogens is 232 g/mol. The van der Waals surface area contributed by atoms with Crippen LogP contribution in [-0.2, 0) is 4.74 Å². The van der Waals surface area contributed by atoms with Crippen LogP contribution in [0.2, 0.25) is 0 Å². The van der Waals surface area contributed by atoms with E-state index in [0.29, 0.717) is 17.8 Å². The molecule has 2 aliphatic rings. The van der Waals surface area contributed by atoms with Crippen LogP contribution in [0.15, 0.2) is 6.20 Å². The number of carbonyl (C=O) groups excluding carboxylic acids is 1. The van der Waals surface area contributed by atoms with E-state index in [4.69, 9.17) is 4.74 Å². The fraction of sp³-hybridized carbons (Fsp3) is 0.750. The van der Waals surface area contributed by atoms with Crippen LogP contribution in [0, 0.1) is 11.8 Å². The van der Waals surface area contributed by atoms with Crippen molar-refractivity contribution >= 4 is 6.09 Å². The lowest BCUT2D eigenvalue weighted by atomic mass is 10.2. The minimum atomic E-state index is -0.421. The lowest BCUT2D eigenvalue weighted by Gasteiger charge is -2.25. The van der Waals surface area contributed by atoms with Gasteiger partial charge in [-0.15, -0.1) is 0 Å². The minimum Gasteiger partial charge on any atom is -0.444 e. The second kappa shape index (κ2) is 3.70. The molecule has 0 bridgehead atoms. The molecule has 1 saturated heterocycles. The fourth-order valence-electron chi connectivity index (χ4n) is 2.81. The molecule has 1 aromatic heterocycles. The number of hydrogen-bond acceptors (Lipinski definition) is 4. The van der Waals surface area contributed by atoms with Gasteiger partial charge < -0.3 is 9.64 Å². The van der Waals surface area contributed by atoms with Crippen molar-refractivity contribution in [2.45, 2.75) is 32.3 Å². The molecule has 3 atom stereocenters. The number of piperidine rings is 1. The Hall–Kier alpha value is -1.59. The van der Waals surface area contributed by atoms with E-state index in [9.17, 15) is 4.79 Å². The second-order valence-corrected chi connectivity index (χ2v) is 6.13. The highest BCUT2D eigenvalue weighted by atomic mass is 16.6. The third kappa shape index (κ3) is 1.95. The third-order valence-corrected chi connectivity index (χ3v) is 3.62. The summed E-state index contributed by atoms with van der Waals surface area (Å²) in [5.41, 5.74) is 0.601. The number of H-pyrrole nitrogens is 1. The first-order valence-corrected chi connectivity index (χ1v) is 6.29. The standard InChI is InChI=1S/C12H18N4O2/c1-12(2,3)18-11(17)16-5-7-8(6-16)10(7)9-4-13-15-14-9/h4,7-8,10H,5-6H2,1-3H3,(H,13,14,15)/t7-,8+,10?. The first-order valence-electron chi connectivity index (χ1n) is 6.29. The largest absolute Gasteiger partial charge is 0.444 e. The zero-order valence-electron chi connectivity index (χ0n) is 10.9. The number of ether oxygens (including phenoxy) is 1. The smallest absolute Gasteiger partial charge is 0.410 e. The van der Waals surface area contributed by atoms with Gasteiger partial charge in [0.1, 0.15) is 5.60 Å². The molecule has 1 aliphatic carbocycles. The van der Waals surface area contributed by atoms with E-state index >= 15 is 0 Å². The van der Waals surface area contributed by atoms with Crippen LogP contribution in [0.25, 0.3) is 0 Å². The van der Waals surface area contributed by atoms with E-state index in [0.717, 1.165) is 18.8 Å². The van der Waals surface area contributed by atoms with Crippen LogP contribution >= 0.6 is 0 Å². The Kier molecular flexibility index (Phi) is 2.36. The zero-order chi connectivity index (χ0) is 12.9. The minimum absolute atomic E-state index is 0.200. The van der Waals surface area contributed by atoms with Crippen molar-refractivity contribution in [3.63, 3.8) is 0 Å². The summed E-state index contributed by atoms with van der Waals surface area (Å²) in [5.74, 6) is 1.53. The normalized spacial score (nSPS) is 30.2. The average molecular weight is 250 g/mol. The van der Waals surface area contributed by atoms with Crippen LogP contribution in [0.1, 0.15) is 32.4 Å². The van der Waals surface area contributed by atoms with Crippen molar-refractivity contribution in [2.75, 3.05) is 13.1 Å². The lowest BCUT2D eigenvalue weighted by Crippen LogP contribution is -2.36. The van der Waals surface area contributed by atoms with Gasteiger partial charge in [-0.05, 0) is 32.6 Å². The van der Waals surface area contributed by atoms with Gasteiger partial charge in [-0.1, -0.05) is 0 Å². The van der Waals surface area contributed by atoms with Gasteiger partial charge in [-0.3, -0.25) is 0 Å². The Bertz CT molecular complexity index is 439. The molecule has 98 valence electrons. The molecular formula is C12H18N4O2. The maximum absolute atomic E-state index is 11.9. The average Bonchev–Trinajstić information content (AvgIpc) is 2.76. The Balaban J connectivity index is 1.56. The van der Waals surface area contributed by atoms with Gasteiger partial charge in [0.25, 0.3) is 0 Å². The summed E-state index contributed by atoms with van der Waals surface area (Å²) in [7, 11) is 0. The molecule has 6 heteroatoms. The summed E-state index contributed by atoms with van der Waals surface area (Å²) in [5, 5.41) is 10.6. The summed E-state index contributed by atoms with van der Waals surface area (Å²) in [6.45, 7) is 7.22. The predicted molar refractivity (Wildman–Crippen MR) is 63.9 cm³/mol. The zero-order valence-corrected chi connectivity index (χ0v) is 10.9. The van der Waals surface area contributed by atoms with Gasteiger partial charge in [-0.25, -0.2) is 4.79 Å². The number of aromatic nitrogens is 3. The van der Waals surface area contributed by atoms with Crippen molar-refractivity contribution in [1.29, 1.82) is 0 Å². The Morgan fingerprint density at radius 1 is 1.44 bits per heavy atom. The van der Waals surface area contributed by atoms with E-state index in [1.165, 1.54) is 0 Å². The first-order chi connectivity index (χ1) is 8.46. The third-order valence-electron chi connectivity index (χ3n) is 3.62. The van der Waals surface area contributed by atoms with Gasteiger partial charge >= 0.3 is 6.09 Å². The van der Waals surface area contributed by atoms with E-state index in [-0.39, 0.29) is 6.09 Å². The van der Waals surface area contributed by atoms with Crippen molar-refractivity contribution in [3.8, 4) is 0 Å². The monoisotopic (exact) mass is 250 g/mol. The molecule has 0 radical (unpaired) electrons. The molecule has 1 N–H and O–H groups in total. The Morgan fingerprint density at radius 3 is 2.61 bits per heavy atom. The van der Waals surface area contributed by atoms with E-state index in [1.807, 2.05) is 20.8 Å². The molecule has 1 saturated carbocycles. The van der Waals surface area contributed by atoms with Gasteiger partial charge in [0.15, 0.2) is 0 Å². The number of nitrogens with one attached hydrogen (secondary N) is 1. The number of rotatable bonds is 1. The number of fused-ring (bicyclic) bond motifs is 1. The molecule has 1 aromatic rings. The van der Waals surface area contributed by atoms with E-state index in [1.54, 1.807) is 11.1 Å². The van der Waals surface area contributed by atoms with Crippen molar-refractivity contribution < 1.29 is 9.53 Å². The molecule has 2 fully saturated rings. The Labute approximate surface area is 106 Å². The molecule has 1 unspecified atom stereocenters. The highest BCUT2D eigenvalue weighted by Gasteiger charge is 2.58. The molecule has 18 heavy (non-hydrogen) atoms. The number of carbonyl (C=O) groups is 1. The number of nitrogens with zero attached hydrogens (tertiary/aromatic N) is 3. The Morgan fingerprint density at radius 2 is 2.11 bits per heavy atom.